The minimum atomic E-state index is -0.0347. The third-order valence-electron chi connectivity index (χ3n) is 5.96. The van der Waals surface area contributed by atoms with E-state index >= 15 is 0 Å². The highest BCUT2D eigenvalue weighted by Crippen LogP contribution is 2.53. The highest BCUT2D eigenvalue weighted by molar-refractivity contribution is 5.84. The van der Waals surface area contributed by atoms with Crippen molar-refractivity contribution in [2.24, 2.45) is 5.92 Å². The third kappa shape index (κ3) is 4.33. The summed E-state index contributed by atoms with van der Waals surface area (Å²) in [5.74, 6) is 0.524. The van der Waals surface area contributed by atoms with Crippen molar-refractivity contribution in [1.29, 1.82) is 0 Å². The molecule has 0 radical (unpaired) electrons. The van der Waals surface area contributed by atoms with Gasteiger partial charge in [0, 0.05) is 23.9 Å². The zero-order valence-corrected chi connectivity index (χ0v) is 16.7. The molecule has 2 aromatic carbocycles. The molecule has 0 aromatic heterocycles. The summed E-state index contributed by atoms with van der Waals surface area (Å²) in [6.07, 6.45) is 1.74. The molecule has 0 aliphatic heterocycles. The Morgan fingerprint density at radius 1 is 1.26 bits per heavy atom. The lowest BCUT2D eigenvalue weighted by atomic mass is 9.95. The lowest BCUT2D eigenvalue weighted by Crippen LogP contribution is -2.42. The molecule has 0 heterocycles. The Hall–Kier alpha value is -2.33. The van der Waals surface area contributed by atoms with Gasteiger partial charge in [-0.2, -0.15) is 0 Å². The number of phenols is 1. The number of amides is 1. The fourth-order valence-corrected chi connectivity index (χ4v) is 3.78. The minimum Gasteiger partial charge on any atom is -0.508 e. The Morgan fingerprint density at radius 2 is 1.96 bits per heavy atom. The first-order valence-corrected chi connectivity index (χ1v) is 9.59. The van der Waals surface area contributed by atoms with Crippen molar-refractivity contribution in [2.75, 3.05) is 20.6 Å². The van der Waals surface area contributed by atoms with Gasteiger partial charge in [-0.05, 0) is 56.6 Å². The maximum atomic E-state index is 12.7. The molecule has 4 heteroatoms. The number of nitrogens with one attached hydrogen (secondary N) is 1. The quantitative estimate of drug-likeness (QED) is 0.791. The molecule has 2 aromatic rings. The fourth-order valence-electron chi connectivity index (χ4n) is 3.78. The summed E-state index contributed by atoms with van der Waals surface area (Å²) in [5.41, 5.74) is 3.26. The SMILES string of the molecule is Cc1cc(C[C@@H](CNC(=O)[C@@H]2C[C@]2(C)c2ccccc2)N(C)C)ccc1O. The standard InChI is InChI=1S/C23H30N2O2/c1-16-12-17(10-11-21(16)26)13-19(25(3)4)15-24-22(27)20-14-23(20,2)18-8-6-5-7-9-18/h5-12,19-20,26H,13-15H2,1-4H3,(H,24,27)/t19-,20-,23+/m0/s1. The molecule has 0 saturated heterocycles. The molecule has 1 saturated carbocycles. The lowest BCUT2D eigenvalue weighted by Gasteiger charge is -2.25. The van der Waals surface area contributed by atoms with Gasteiger partial charge in [-0.3, -0.25) is 4.79 Å². The van der Waals surface area contributed by atoms with Gasteiger partial charge in [0.25, 0.3) is 0 Å². The Morgan fingerprint density at radius 3 is 2.59 bits per heavy atom. The Bertz CT molecular complexity index is 803. The number of benzene rings is 2. The first kappa shape index (κ1) is 19.4. The molecular formula is C23H30N2O2. The average Bonchev–Trinajstić information content (AvgIpc) is 3.35. The minimum absolute atomic E-state index is 0.0347. The highest BCUT2D eigenvalue weighted by Gasteiger charge is 2.55. The molecule has 3 atom stereocenters. The molecule has 4 nitrogen and oxygen atoms in total. The number of aryl methyl sites for hydroxylation is 1. The average molecular weight is 367 g/mol. The van der Waals surface area contributed by atoms with Crippen LogP contribution in [0.25, 0.3) is 0 Å². The molecule has 1 aliphatic carbocycles. The van der Waals surface area contributed by atoms with Crippen molar-refractivity contribution in [3.63, 3.8) is 0 Å². The van der Waals surface area contributed by atoms with Gasteiger partial charge in [0.2, 0.25) is 5.91 Å². The highest BCUT2D eigenvalue weighted by atomic mass is 16.3. The number of aromatic hydroxyl groups is 1. The monoisotopic (exact) mass is 366 g/mol. The molecule has 1 aliphatic rings. The van der Waals surface area contributed by atoms with Crippen LogP contribution in [0, 0.1) is 12.8 Å². The molecular weight excluding hydrogens is 336 g/mol. The van der Waals surface area contributed by atoms with Gasteiger partial charge in [-0.15, -0.1) is 0 Å². The summed E-state index contributed by atoms with van der Waals surface area (Å²) in [6.45, 7) is 4.70. The topological polar surface area (TPSA) is 52.6 Å². The normalized spacial score (nSPS) is 22.5. The van der Waals surface area contributed by atoms with Crippen molar-refractivity contribution in [1.82, 2.24) is 10.2 Å². The Balaban J connectivity index is 1.58. The summed E-state index contributed by atoms with van der Waals surface area (Å²) < 4.78 is 0. The number of phenolic OH excluding ortho intramolecular Hbond substituents is 1. The molecule has 27 heavy (non-hydrogen) atoms. The molecule has 144 valence electrons. The van der Waals surface area contributed by atoms with Gasteiger partial charge >= 0.3 is 0 Å². The van der Waals surface area contributed by atoms with Crippen LogP contribution in [-0.2, 0) is 16.6 Å². The summed E-state index contributed by atoms with van der Waals surface area (Å²) in [6, 6.07) is 16.2. The van der Waals surface area contributed by atoms with Crippen LogP contribution in [0.4, 0.5) is 0 Å². The van der Waals surface area contributed by atoms with E-state index in [-0.39, 0.29) is 23.3 Å². The van der Waals surface area contributed by atoms with Crippen molar-refractivity contribution < 1.29 is 9.90 Å². The molecule has 3 rings (SSSR count). The van der Waals surface area contributed by atoms with Gasteiger partial charge < -0.3 is 15.3 Å². The van der Waals surface area contributed by atoms with Crippen LogP contribution >= 0.6 is 0 Å². The van der Waals surface area contributed by atoms with E-state index in [1.54, 1.807) is 6.07 Å². The smallest absolute Gasteiger partial charge is 0.224 e. The second-order valence-electron chi connectivity index (χ2n) is 8.23. The second-order valence-corrected chi connectivity index (χ2v) is 8.23. The van der Waals surface area contributed by atoms with Crippen molar-refractivity contribution >= 4 is 5.91 Å². The molecule has 1 fully saturated rings. The second kappa shape index (κ2) is 7.73. The van der Waals surface area contributed by atoms with Gasteiger partial charge in [0.15, 0.2) is 0 Å². The largest absolute Gasteiger partial charge is 0.508 e. The Labute approximate surface area is 162 Å². The maximum absolute atomic E-state index is 12.7. The third-order valence-corrected chi connectivity index (χ3v) is 5.96. The molecule has 2 N–H and O–H groups in total. The van der Waals surface area contributed by atoms with Crippen LogP contribution in [-0.4, -0.2) is 42.6 Å². The number of carbonyl (C=O) groups is 1. The van der Waals surface area contributed by atoms with E-state index in [9.17, 15) is 9.90 Å². The van der Waals surface area contributed by atoms with Gasteiger partial charge in [-0.1, -0.05) is 49.4 Å². The number of carbonyl (C=O) groups excluding carboxylic acids is 1. The van der Waals surface area contributed by atoms with Crippen LogP contribution in [0.5, 0.6) is 5.75 Å². The number of hydrogen-bond acceptors (Lipinski definition) is 3. The van der Waals surface area contributed by atoms with Gasteiger partial charge in [0.05, 0.1) is 0 Å². The summed E-state index contributed by atoms with van der Waals surface area (Å²) >= 11 is 0. The predicted molar refractivity (Wildman–Crippen MR) is 109 cm³/mol. The summed E-state index contributed by atoms with van der Waals surface area (Å²) in [4.78, 5) is 14.9. The van der Waals surface area contributed by atoms with Crippen molar-refractivity contribution in [3.8, 4) is 5.75 Å². The van der Waals surface area contributed by atoms with Gasteiger partial charge in [0.1, 0.15) is 5.75 Å². The van der Waals surface area contributed by atoms with Crippen molar-refractivity contribution in [3.05, 3.63) is 65.2 Å². The lowest BCUT2D eigenvalue weighted by molar-refractivity contribution is -0.122. The molecule has 0 bridgehead atoms. The molecule has 0 unspecified atom stereocenters. The van der Waals surface area contributed by atoms with E-state index in [0.29, 0.717) is 12.3 Å². The van der Waals surface area contributed by atoms with Crippen LogP contribution in [0.3, 0.4) is 0 Å². The van der Waals surface area contributed by atoms with Crippen LogP contribution in [0.2, 0.25) is 0 Å². The first-order chi connectivity index (χ1) is 12.8. The number of rotatable bonds is 7. The summed E-state index contributed by atoms with van der Waals surface area (Å²) in [7, 11) is 4.07. The van der Waals surface area contributed by atoms with E-state index in [0.717, 1.165) is 18.4 Å². The zero-order chi connectivity index (χ0) is 19.6. The van der Waals surface area contributed by atoms with Gasteiger partial charge in [-0.25, -0.2) is 0 Å². The predicted octanol–water partition coefficient (Wildman–Crippen LogP) is 3.27. The zero-order valence-electron chi connectivity index (χ0n) is 16.7. The number of nitrogens with zero attached hydrogens (tertiary/aromatic N) is 1. The van der Waals surface area contributed by atoms with Crippen LogP contribution < -0.4 is 5.32 Å². The van der Waals surface area contributed by atoms with E-state index in [2.05, 4.69) is 29.3 Å². The summed E-state index contributed by atoms with van der Waals surface area (Å²) in [5, 5.41) is 12.9. The van der Waals surface area contributed by atoms with E-state index in [1.165, 1.54) is 11.1 Å². The number of hydrogen-bond donors (Lipinski definition) is 2. The maximum Gasteiger partial charge on any atom is 0.224 e. The number of likely N-dealkylation sites (N-methyl/N-ethyl adjacent to an activating group) is 1. The van der Waals surface area contributed by atoms with E-state index in [1.807, 2.05) is 51.4 Å². The first-order valence-electron chi connectivity index (χ1n) is 9.59. The molecule has 0 spiro atoms. The van der Waals surface area contributed by atoms with Crippen LogP contribution in [0.1, 0.15) is 30.0 Å². The molecule has 1 amide bonds. The van der Waals surface area contributed by atoms with Crippen LogP contribution in [0.15, 0.2) is 48.5 Å². The van der Waals surface area contributed by atoms with E-state index < -0.39 is 0 Å². The Kier molecular flexibility index (Phi) is 5.56. The van der Waals surface area contributed by atoms with Crippen molar-refractivity contribution in [2.45, 2.75) is 38.1 Å². The fraction of sp³-hybridized carbons (Fsp3) is 0.435. The van der Waals surface area contributed by atoms with E-state index in [4.69, 9.17) is 0 Å².